The maximum Gasteiger partial charge on any atom is 0.129 e. The van der Waals surface area contributed by atoms with Crippen LogP contribution in [0.3, 0.4) is 0 Å². The van der Waals surface area contributed by atoms with Crippen LogP contribution in [-0.4, -0.2) is 29.3 Å². The SMILES string of the molecule is Nc1ccc2nc(N(CCO)C3CCC3)ccc2c1. The maximum atomic E-state index is 9.23. The van der Waals surface area contributed by atoms with Gasteiger partial charge in [-0.15, -0.1) is 0 Å². The normalized spacial score (nSPS) is 15.4. The Morgan fingerprint density at radius 1 is 1.26 bits per heavy atom. The Morgan fingerprint density at radius 3 is 2.79 bits per heavy atom. The summed E-state index contributed by atoms with van der Waals surface area (Å²) in [6.45, 7) is 0.816. The molecule has 4 heteroatoms. The van der Waals surface area contributed by atoms with Gasteiger partial charge in [0, 0.05) is 23.7 Å². The van der Waals surface area contributed by atoms with Crippen LogP contribution in [0.4, 0.5) is 11.5 Å². The minimum atomic E-state index is 0.165. The molecule has 0 bridgehead atoms. The lowest BCUT2D eigenvalue weighted by Gasteiger charge is -2.38. The van der Waals surface area contributed by atoms with Crippen LogP contribution in [0.15, 0.2) is 30.3 Å². The van der Waals surface area contributed by atoms with Gasteiger partial charge in [-0.2, -0.15) is 0 Å². The monoisotopic (exact) mass is 257 g/mol. The van der Waals surface area contributed by atoms with Crippen molar-refractivity contribution >= 4 is 22.4 Å². The van der Waals surface area contributed by atoms with Crippen LogP contribution in [0.25, 0.3) is 10.9 Å². The molecule has 0 radical (unpaired) electrons. The molecular weight excluding hydrogens is 238 g/mol. The minimum Gasteiger partial charge on any atom is -0.399 e. The Hall–Kier alpha value is -1.81. The Balaban J connectivity index is 1.96. The molecule has 0 unspecified atom stereocenters. The standard InChI is InChI=1S/C15H19N3O/c16-12-5-6-14-11(10-12)4-7-15(17-14)18(8-9-19)13-2-1-3-13/h4-7,10,13,19H,1-3,8-9,16H2. The van der Waals surface area contributed by atoms with Gasteiger partial charge in [-0.3, -0.25) is 0 Å². The van der Waals surface area contributed by atoms with Crippen molar-refractivity contribution in [2.45, 2.75) is 25.3 Å². The zero-order valence-electron chi connectivity index (χ0n) is 10.9. The van der Waals surface area contributed by atoms with Gasteiger partial charge in [0.2, 0.25) is 0 Å². The van der Waals surface area contributed by atoms with Gasteiger partial charge in [-0.25, -0.2) is 4.98 Å². The number of nitrogens with two attached hydrogens (primary N) is 1. The highest BCUT2D eigenvalue weighted by molar-refractivity contribution is 5.83. The van der Waals surface area contributed by atoms with Crippen LogP contribution in [0, 0.1) is 0 Å². The average Bonchev–Trinajstić information content (AvgIpc) is 2.35. The number of pyridine rings is 1. The Kier molecular flexibility index (Phi) is 3.25. The van der Waals surface area contributed by atoms with Crippen molar-refractivity contribution in [3.8, 4) is 0 Å². The van der Waals surface area contributed by atoms with Crippen molar-refractivity contribution in [1.29, 1.82) is 0 Å². The summed E-state index contributed by atoms with van der Waals surface area (Å²) in [6, 6.07) is 10.4. The van der Waals surface area contributed by atoms with Gasteiger partial charge in [0.1, 0.15) is 5.82 Å². The first-order valence-corrected chi connectivity index (χ1v) is 6.82. The number of nitrogen functional groups attached to an aromatic ring is 1. The highest BCUT2D eigenvalue weighted by Gasteiger charge is 2.25. The van der Waals surface area contributed by atoms with Crippen molar-refractivity contribution in [3.05, 3.63) is 30.3 Å². The number of anilines is 2. The van der Waals surface area contributed by atoms with E-state index in [2.05, 4.69) is 11.0 Å². The molecule has 1 fully saturated rings. The van der Waals surface area contributed by atoms with Crippen LogP contribution in [-0.2, 0) is 0 Å². The highest BCUT2D eigenvalue weighted by Crippen LogP contribution is 2.29. The third kappa shape index (κ3) is 2.36. The van der Waals surface area contributed by atoms with Crippen molar-refractivity contribution in [3.63, 3.8) is 0 Å². The molecule has 1 aliphatic carbocycles. The Morgan fingerprint density at radius 2 is 2.11 bits per heavy atom. The molecule has 19 heavy (non-hydrogen) atoms. The second-order valence-corrected chi connectivity index (χ2v) is 5.12. The molecule has 100 valence electrons. The molecule has 0 saturated heterocycles. The van der Waals surface area contributed by atoms with E-state index in [1.165, 1.54) is 19.3 Å². The summed E-state index contributed by atoms with van der Waals surface area (Å²) in [4.78, 5) is 6.92. The maximum absolute atomic E-state index is 9.23. The van der Waals surface area contributed by atoms with Gasteiger partial charge in [0.05, 0.1) is 12.1 Å². The first-order valence-electron chi connectivity index (χ1n) is 6.82. The van der Waals surface area contributed by atoms with Gasteiger partial charge in [0.15, 0.2) is 0 Å². The lowest BCUT2D eigenvalue weighted by molar-refractivity contribution is 0.283. The summed E-state index contributed by atoms with van der Waals surface area (Å²) in [5.74, 6) is 0.955. The van der Waals surface area contributed by atoms with Crippen molar-refractivity contribution in [1.82, 2.24) is 4.98 Å². The fourth-order valence-corrected chi connectivity index (χ4v) is 2.58. The van der Waals surface area contributed by atoms with Crippen molar-refractivity contribution in [2.24, 2.45) is 0 Å². The molecule has 1 saturated carbocycles. The van der Waals surface area contributed by atoms with E-state index in [9.17, 15) is 5.11 Å². The number of aromatic nitrogens is 1. The fourth-order valence-electron chi connectivity index (χ4n) is 2.58. The molecule has 1 aromatic carbocycles. The van der Waals surface area contributed by atoms with Gasteiger partial charge in [-0.1, -0.05) is 0 Å². The summed E-state index contributed by atoms with van der Waals surface area (Å²) in [5.41, 5.74) is 7.49. The van der Waals surface area contributed by atoms with E-state index in [-0.39, 0.29) is 6.61 Å². The van der Waals surface area contributed by atoms with E-state index in [4.69, 9.17) is 10.7 Å². The molecule has 1 heterocycles. The zero-order chi connectivity index (χ0) is 13.2. The van der Waals surface area contributed by atoms with Crippen LogP contribution in [0.5, 0.6) is 0 Å². The number of aliphatic hydroxyl groups is 1. The first kappa shape index (κ1) is 12.2. The molecular formula is C15H19N3O. The van der Waals surface area contributed by atoms with E-state index in [1.54, 1.807) is 0 Å². The smallest absolute Gasteiger partial charge is 0.129 e. The van der Waals surface area contributed by atoms with Crippen molar-refractivity contribution < 1.29 is 5.11 Å². The lowest BCUT2D eigenvalue weighted by Crippen LogP contribution is -2.42. The summed E-state index contributed by atoms with van der Waals surface area (Å²) >= 11 is 0. The molecule has 1 aromatic heterocycles. The molecule has 0 atom stereocenters. The molecule has 4 nitrogen and oxygen atoms in total. The van der Waals surface area contributed by atoms with Gasteiger partial charge in [-0.05, 0) is 49.6 Å². The lowest BCUT2D eigenvalue weighted by atomic mass is 9.91. The van der Waals surface area contributed by atoms with Crippen LogP contribution < -0.4 is 10.6 Å². The highest BCUT2D eigenvalue weighted by atomic mass is 16.3. The van der Waals surface area contributed by atoms with E-state index >= 15 is 0 Å². The predicted octanol–water partition coefficient (Wildman–Crippen LogP) is 2.17. The van der Waals surface area contributed by atoms with Crippen LogP contribution >= 0.6 is 0 Å². The van der Waals surface area contributed by atoms with E-state index in [0.717, 1.165) is 22.4 Å². The number of fused-ring (bicyclic) bond motifs is 1. The van der Waals surface area contributed by atoms with Crippen LogP contribution in [0.2, 0.25) is 0 Å². The van der Waals surface area contributed by atoms with Gasteiger partial charge < -0.3 is 15.7 Å². The minimum absolute atomic E-state index is 0.165. The largest absolute Gasteiger partial charge is 0.399 e. The molecule has 2 aromatic rings. The number of nitrogens with zero attached hydrogens (tertiary/aromatic N) is 2. The predicted molar refractivity (Wildman–Crippen MR) is 78.2 cm³/mol. The van der Waals surface area contributed by atoms with Gasteiger partial charge >= 0.3 is 0 Å². The molecule has 0 aliphatic heterocycles. The molecule has 3 rings (SSSR count). The summed E-state index contributed by atoms with van der Waals surface area (Å²) in [5, 5.41) is 10.3. The quantitative estimate of drug-likeness (QED) is 0.824. The molecule has 1 aliphatic rings. The van der Waals surface area contributed by atoms with Crippen LogP contribution in [0.1, 0.15) is 19.3 Å². The second-order valence-electron chi connectivity index (χ2n) is 5.12. The summed E-state index contributed by atoms with van der Waals surface area (Å²) in [7, 11) is 0. The first-order chi connectivity index (χ1) is 9.28. The Labute approximate surface area is 112 Å². The van der Waals surface area contributed by atoms with E-state index in [1.807, 2.05) is 24.3 Å². The molecule has 0 spiro atoms. The third-order valence-electron chi connectivity index (χ3n) is 3.85. The molecule has 3 N–H and O–H groups in total. The third-order valence-corrected chi connectivity index (χ3v) is 3.85. The summed E-state index contributed by atoms with van der Waals surface area (Å²) < 4.78 is 0. The Bertz CT molecular complexity index is 581. The number of benzene rings is 1. The summed E-state index contributed by atoms with van der Waals surface area (Å²) in [6.07, 6.45) is 3.67. The second kappa shape index (κ2) is 5.05. The number of aliphatic hydroxyl groups excluding tert-OH is 1. The number of hydrogen-bond donors (Lipinski definition) is 2. The van der Waals surface area contributed by atoms with Crippen molar-refractivity contribution in [2.75, 3.05) is 23.8 Å². The zero-order valence-corrected chi connectivity index (χ0v) is 10.9. The number of rotatable bonds is 4. The molecule has 0 amide bonds. The fraction of sp³-hybridized carbons (Fsp3) is 0.400. The van der Waals surface area contributed by atoms with E-state index in [0.29, 0.717) is 12.6 Å². The topological polar surface area (TPSA) is 62.4 Å². The van der Waals surface area contributed by atoms with E-state index < -0.39 is 0 Å². The van der Waals surface area contributed by atoms with Gasteiger partial charge in [0.25, 0.3) is 0 Å². The average molecular weight is 257 g/mol. The number of hydrogen-bond acceptors (Lipinski definition) is 4.